The summed E-state index contributed by atoms with van der Waals surface area (Å²) in [4.78, 5) is 0. The number of hydrogen-bond donors (Lipinski definition) is 2. The van der Waals surface area contributed by atoms with Crippen LogP contribution in [0.1, 0.15) is 12.0 Å². The Hall–Kier alpha value is -1.21. The Kier molecular flexibility index (Phi) is 5.71. The van der Waals surface area contributed by atoms with Crippen LogP contribution in [0.3, 0.4) is 0 Å². The van der Waals surface area contributed by atoms with Crippen molar-refractivity contribution in [1.29, 1.82) is 0 Å². The SMILES string of the molecule is C(OCC1CO1)C1CO1.OC1(O)C=CC(c2ccccc2Cl)=CC1. The summed E-state index contributed by atoms with van der Waals surface area (Å²) in [6.45, 7) is 3.26. The Morgan fingerprint density at radius 2 is 1.75 bits per heavy atom. The van der Waals surface area contributed by atoms with Gasteiger partial charge in [0.2, 0.25) is 0 Å². The van der Waals surface area contributed by atoms with Gasteiger partial charge in [0.15, 0.2) is 5.79 Å². The average molecular weight is 353 g/mol. The molecule has 2 atom stereocenters. The minimum atomic E-state index is -1.72. The van der Waals surface area contributed by atoms with Crippen molar-refractivity contribution in [2.24, 2.45) is 0 Å². The molecule has 2 unspecified atom stereocenters. The smallest absolute Gasteiger partial charge is 0.186 e. The third-order valence-corrected chi connectivity index (χ3v) is 4.08. The normalized spacial score (nSPS) is 26.2. The lowest BCUT2D eigenvalue weighted by Gasteiger charge is -2.20. The molecule has 0 saturated carbocycles. The van der Waals surface area contributed by atoms with Gasteiger partial charge in [-0.3, -0.25) is 0 Å². The first-order valence-corrected chi connectivity index (χ1v) is 8.31. The number of aliphatic hydroxyl groups is 2. The molecule has 24 heavy (non-hydrogen) atoms. The van der Waals surface area contributed by atoms with Crippen LogP contribution in [0.4, 0.5) is 0 Å². The zero-order chi connectivity index (χ0) is 17.0. The Labute approximate surface area is 146 Å². The van der Waals surface area contributed by atoms with E-state index in [1.165, 1.54) is 6.08 Å². The number of hydrogen-bond acceptors (Lipinski definition) is 5. The topological polar surface area (TPSA) is 74.8 Å². The van der Waals surface area contributed by atoms with E-state index in [1.54, 1.807) is 12.2 Å². The molecule has 2 saturated heterocycles. The number of rotatable bonds is 5. The Bertz CT molecular complexity index is 606. The van der Waals surface area contributed by atoms with Crippen molar-refractivity contribution in [3.05, 3.63) is 53.1 Å². The van der Waals surface area contributed by atoms with Crippen molar-refractivity contribution >= 4 is 17.2 Å². The summed E-state index contributed by atoms with van der Waals surface area (Å²) in [6, 6.07) is 7.47. The minimum absolute atomic E-state index is 0.185. The number of epoxide rings is 2. The van der Waals surface area contributed by atoms with Gasteiger partial charge in [-0.05, 0) is 23.3 Å². The molecule has 2 N–H and O–H groups in total. The summed E-state index contributed by atoms with van der Waals surface area (Å²) in [5, 5.41) is 19.3. The summed E-state index contributed by atoms with van der Waals surface area (Å²) in [6.07, 6.45) is 5.77. The van der Waals surface area contributed by atoms with E-state index in [0.29, 0.717) is 17.2 Å². The van der Waals surface area contributed by atoms with E-state index in [0.717, 1.165) is 37.6 Å². The van der Waals surface area contributed by atoms with Gasteiger partial charge in [0.25, 0.3) is 0 Å². The minimum Gasteiger partial charge on any atom is -0.376 e. The highest BCUT2D eigenvalue weighted by Gasteiger charge is 2.26. The zero-order valence-corrected chi connectivity index (χ0v) is 14.0. The van der Waals surface area contributed by atoms with Crippen LogP contribution in [0, 0.1) is 0 Å². The lowest BCUT2D eigenvalue weighted by atomic mass is 9.97. The van der Waals surface area contributed by atoms with Crippen molar-refractivity contribution in [2.75, 3.05) is 26.4 Å². The molecule has 2 fully saturated rings. The number of ether oxygens (including phenoxy) is 3. The maximum Gasteiger partial charge on any atom is 0.186 e. The van der Waals surface area contributed by atoms with Crippen molar-refractivity contribution in [1.82, 2.24) is 0 Å². The summed E-state index contributed by atoms with van der Waals surface area (Å²) >= 11 is 6.03. The van der Waals surface area contributed by atoms with Crippen LogP contribution in [0.15, 0.2) is 42.5 Å². The van der Waals surface area contributed by atoms with Gasteiger partial charge in [-0.2, -0.15) is 0 Å². The van der Waals surface area contributed by atoms with Gasteiger partial charge in [0.05, 0.1) is 26.4 Å². The number of halogens is 1. The maximum absolute atomic E-state index is 9.30. The van der Waals surface area contributed by atoms with Crippen LogP contribution in [-0.4, -0.2) is 54.6 Å². The highest BCUT2D eigenvalue weighted by atomic mass is 35.5. The summed E-state index contributed by atoms with van der Waals surface area (Å²) in [5.41, 5.74) is 1.82. The first-order valence-electron chi connectivity index (χ1n) is 7.93. The van der Waals surface area contributed by atoms with Crippen molar-refractivity contribution in [2.45, 2.75) is 24.4 Å². The lowest BCUT2D eigenvalue weighted by Crippen LogP contribution is -2.25. The van der Waals surface area contributed by atoms with E-state index < -0.39 is 5.79 Å². The largest absolute Gasteiger partial charge is 0.376 e. The summed E-state index contributed by atoms with van der Waals surface area (Å²) in [7, 11) is 0. The molecule has 130 valence electrons. The van der Waals surface area contributed by atoms with Gasteiger partial charge in [-0.25, -0.2) is 0 Å². The molecule has 0 spiro atoms. The first kappa shape index (κ1) is 17.6. The van der Waals surface area contributed by atoms with E-state index in [9.17, 15) is 10.2 Å². The van der Waals surface area contributed by atoms with Gasteiger partial charge in [-0.1, -0.05) is 42.0 Å². The predicted octanol–water partition coefficient (Wildman–Crippen LogP) is 2.16. The molecule has 1 aromatic rings. The number of benzene rings is 1. The highest BCUT2D eigenvalue weighted by molar-refractivity contribution is 6.32. The van der Waals surface area contributed by atoms with Gasteiger partial charge in [-0.15, -0.1) is 0 Å². The molecule has 2 aliphatic heterocycles. The third kappa shape index (κ3) is 5.70. The molecular weight excluding hydrogens is 332 g/mol. The predicted molar refractivity (Wildman–Crippen MR) is 90.7 cm³/mol. The molecule has 1 aliphatic carbocycles. The molecule has 6 heteroatoms. The molecule has 4 rings (SSSR count). The van der Waals surface area contributed by atoms with E-state index in [1.807, 2.05) is 24.3 Å². The molecule has 2 heterocycles. The highest BCUT2D eigenvalue weighted by Crippen LogP contribution is 2.29. The van der Waals surface area contributed by atoms with Crippen LogP contribution in [0.5, 0.6) is 0 Å². The average Bonchev–Trinajstić information content (AvgIpc) is 3.44. The van der Waals surface area contributed by atoms with E-state index >= 15 is 0 Å². The Balaban J connectivity index is 0.000000159. The standard InChI is InChI=1S/C12H11ClO2.C6H10O3/c13-11-4-2-1-3-10(11)9-5-7-12(14,15)8-6-9;1(5-3-8-5)7-2-6-4-9-6/h1-7,14-15H,8H2;5-6H,1-4H2. The fourth-order valence-electron chi connectivity index (χ4n) is 2.17. The zero-order valence-electron chi connectivity index (χ0n) is 13.2. The molecule has 1 aromatic carbocycles. The second kappa shape index (κ2) is 7.78. The van der Waals surface area contributed by atoms with E-state index in [2.05, 4.69) is 0 Å². The molecule has 0 radical (unpaired) electrons. The second-order valence-electron chi connectivity index (χ2n) is 6.00. The molecule has 0 aromatic heterocycles. The fourth-order valence-corrected chi connectivity index (χ4v) is 2.42. The lowest BCUT2D eigenvalue weighted by molar-refractivity contribution is -0.114. The van der Waals surface area contributed by atoms with Gasteiger partial charge >= 0.3 is 0 Å². The monoisotopic (exact) mass is 352 g/mol. The Morgan fingerprint density at radius 3 is 2.25 bits per heavy atom. The van der Waals surface area contributed by atoms with Gasteiger partial charge < -0.3 is 24.4 Å². The van der Waals surface area contributed by atoms with E-state index in [-0.39, 0.29) is 6.42 Å². The second-order valence-corrected chi connectivity index (χ2v) is 6.41. The van der Waals surface area contributed by atoms with Crippen LogP contribution < -0.4 is 0 Å². The van der Waals surface area contributed by atoms with Crippen LogP contribution >= 0.6 is 11.6 Å². The Morgan fingerprint density at radius 1 is 1.12 bits per heavy atom. The van der Waals surface area contributed by atoms with Crippen LogP contribution in [0.25, 0.3) is 5.57 Å². The third-order valence-electron chi connectivity index (χ3n) is 3.75. The summed E-state index contributed by atoms with van der Waals surface area (Å²) in [5.74, 6) is -1.72. The molecule has 0 bridgehead atoms. The van der Waals surface area contributed by atoms with Crippen LogP contribution in [0.2, 0.25) is 5.02 Å². The van der Waals surface area contributed by atoms with Crippen molar-refractivity contribution in [3.63, 3.8) is 0 Å². The molecule has 3 aliphatic rings. The quantitative estimate of drug-likeness (QED) is 0.627. The first-order chi connectivity index (χ1) is 11.5. The van der Waals surface area contributed by atoms with Gasteiger partial charge in [0, 0.05) is 11.4 Å². The van der Waals surface area contributed by atoms with Gasteiger partial charge in [0.1, 0.15) is 12.2 Å². The van der Waals surface area contributed by atoms with Crippen molar-refractivity contribution < 1.29 is 24.4 Å². The van der Waals surface area contributed by atoms with E-state index in [4.69, 9.17) is 25.8 Å². The molecule has 0 amide bonds. The molecular formula is C18H21ClO5. The van der Waals surface area contributed by atoms with Crippen LogP contribution in [-0.2, 0) is 14.2 Å². The maximum atomic E-state index is 9.30. The molecule has 5 nitrogen and oxygen atoms in total. The number of allylic oxidation sites excluding steroid dienone is 2. The summed E-state index contributed by atoms with van der Waals surface area (Å²) < 4.78 is 15.1. The fraction of sp³-hybridized carbons (Fsp3) is 0.444. The van der Waals surface area contributed by atoms with Crippen molar-refractivity contribution in [3.8, 4) is 0 Å².